The fourth-order valence-corrected chi connectivity index (χ4v) is 5.61. The van der Waals surface area contributed by atoms with Gasteiger partial charge >= 0.3 is 5.97 Å². The minimum Gasteiger partial charge on any atom is -0.482 e. The number of ether oxygens (including phenoxy) is 3. The lowest BCUT2D eigenvalue weighted by Crippen LogP contribution is -2.40. The molecule has 2 aromatic carbocycles. The molecular weight excluding hydrogens is 584 g/mol. The number of para-hydroxylation sites is 1. The highest BCUT2D eigenvalue weighted by atomic mass is 16.6. The van der Waals surface area contributed by atoms with Crippen molar-refractivity contribution < 1.29 is 23.8 Å². The van der Waals surface area contributed by atoms with Crippen molar-refractivity contribution in [3.8, 4) is 5.75 Å². The van der Waals surface area contributed by atoms with Crippen LogP contribution < -0.4 is 10.5 Å². The number of nitrogen functional groups attached to an aromatic ring is 1. The van der Waals surface area contributed by atoms with Crippen LogP contribution in [0.5, 0.6) is 5.75 Å². The van der Waals surface area contributed by atoms with Crippen molar-refractivity contribution in [2.24, 2.45) is 0 Å². The molecule has 0 aliphatic carbocycles. The third-order valence-electron chi connectivity index (χ3n) is 8.11. The molecule has 0 fully saturated rings. The molecule has 0 unspecified atom stereocenters. The van der Waals surface area contributed by atoms with Crippen molar-refractivity contribution in [2.45, 2.75) is 66.7 Å². The first-order valence-electron chi connectivity index (χ1n) is 16.1. The SMILES string of the molecule is CCN(CC)CC(=O)N(CCCn1c(CCOC)nc2c(N)nc3ccccc3c21)Cc1cccc(OCC(=O)OC(C)C)c1C. The number of rotatable bonds is 17. The number of hydrogen-bond donors (Lipinski definition) is 1. The number of carbonyl (C=O) groups is 2. The Kier molecular flexibility index (Phi) is 12.3. The average molecular weight is 633 g/mol. The summed E-state index contributed by atoms with van der Waals surface area (Å²) in [5, 5.41) is 0.988. The van der Waals surface area contributed by atoms with Crippen molar-refractivity contribution >= 4 is 39.6 Å². The van der Waals surface area contributed by atoms with Crippen molar-refractivity contribution in [3.63, 3.8) is 0 Å². The van der Waals surface area contributed by atoms with Crippen molar-refractivity contribution in [3.05, 3.63) is 59.4 Å². The minimum atomic E-state index is -0.418. The van der Waals surface area contributed by atoms with Gasteiger partial charge in [-0.1, -0.05) is 44.2 Å². The Morgan fingerprint density at radius 3 is 2.52 bits per heavy atom. The summed E-state index contributed by atoms with van der Waals surface area (Å²) >= 11 is 0. The number of carbonyl (C=O) groups excluding carboxylic acids is 2. The van der Waals surface area contributed by atoms with E-state index < -0.39 is 5.97 Å². The van der Waals surface area contributed by atoms with E-state index in [-0.39, 0.29) is 18.6 Å². The summed E-state index contributed by atoms with van der Waals surface area (Å²) in [6.07, 6.45) is 1.11. The van der Waals surface area contributed by atoms with Crippen molar-refractivity contribution in [1.29, 1.82) is 0 Å². The van der Waals surface area contributed by atoms with E-state index in [1.807, 2.05) is 54.3 Å². The molecule has 0 spiro atoms. The molecule has 1 amide bonds. The number of anilines is 1. The van der Waals surface area contributed by atoms with E-state index in [9.17, 15) is 9.59 Å². The van der Waals surface area contributed by atoms with Crippen molar-refractivity contribution in [1.82, 2.24) is 24.3 Å². The first-order chi connectivity index (χ1) is 22.2. The van der Waals surface area contributed by atoms with Gasteiger partial charge in [-0.2, -0.15) is 0 Å². The molecule has 4 aromatic rings. The van der Waals surface area contributed by atoms with Gasteiger partial charge in [0.1, 0.15) is 17.1 Å². The number of aromatic nitrogens is 3. The van der Waals surface area contributed by atoms with E-state index in [0.717, 1.165) is 46.5 Å². The van der Waals surface area contributed by atoms with E-state index in [0.29, 0.717) is 62.7 Å². The fourth-order valence-electron chi connectivity index (χ4n) is 5.61. The number of methoxy groups -OCH3 is 1. The Morgan fingerprint density at radius 2 is 1.80 bits per heavy atom. The molecular formula is C35H48N6O5. The average Bonchev–Trinajstić information content (AvgIpc) is 3.41. The lowest BCUT2D eigenvalue weighted by atomic mass is 10.1. The summed E-state index contributed by atoms with van der Waals surface area (Å²) < 4.78 is 18.6. The lowest BCUT2D eigenvalue weighted by molar-refractivity contribution is -0.149. The van der Waals surface area contributed by atoms with Crippen LogP contribution in [0, 0.1) is 6.92 Å². The number of fused-ring (bicyclic) bond motifs is 3. The fraction of sp³-hybridized carbons (Fsp3) is 0.486. The Balaban J connectivity index is 1.59. The Bertz CT molecular complexity index is 1630. The highest BCUT2D eigenvalue weighted by Gasteiger charge is 2.21. The topological polar surface area (TPSA) is 125 Å². The summed E-state index contributed by atoms with van der Waals surface area (Å²) in [6, 6.07) is 13.7. The molecule has 11 heteroatoms. The molecule has 2 N–H and O–H groups in total. The van der Waals surface area contributed by atoms with Gasteiger partial charge < -0.3 is 29.4 Å². The monoisotopic (exact) mass is 632 g/mol. The molecule has 248 valence electrons. The van der Waals surface area contributed by atoms with Crippen LogP contribution in [-0.2, 0) is 38.6 Å². The molecule has 0 radical (unpaired) electrons. The number of esters is 1. The summed E-state index contributed by atoms with van der Waals surface area (Å²) in [6.45, 7) is 13.5. The Hall–Kier alpha value is -4.22. The van der Waals surface area contributed by atoms with Crippen LogP contribution in [0.1, 0.15) is 51.1 Å². The summed E-state index contributed by atoms with van der Waals surface area (Å²) in [4.78, 5) is 39.4. The predicted octanol–water partition coefficient (Wildman–Crippen LogP) is 4.76. The molecule has 0 aliphatic rings. The van der Waals surface area contributed by atoms with Gasteiger partial charge in [0, 0.05) is 38.6 Å². The largest absolute Gasteiger partial charge is 0.482 e. The summed E-state index contributed by atoms with van der Waals surface area (Å²) in [7, 11) is 1.68. The van der Waals surface area contributed by atoms with Crippen LogP contribution in [0.25, 0.3) is 21.9 Å². The highest BCUT2D eigenvalue weighted by molar-refractivity contribution is 6.06. The van der Waals surface area contributed by atoms with Crippen LogP contribution in [0.4, 0.5) is 5.82 Å². The van der Waals surface area contributed by atoms with E-state index in [4.69, 9.17) is 24.9 Å². The number of hydrogen-bond acceptors (Lipinski definition) is 9. The quantitative estimate of drug-likeness (QED) is 0.164. The second-order valence-electron chi connectivity index (χ2n) is 11.6. The maximum atomic E-state index is 13.8. The van der Waals surface area contributed by atoms with E-state index in [2.05, 4.69) is 28.3 Å². The molecule has 46 heavy (non-hydrogen) atoms. The van der Waals surface area contributed by atoms with E-state index in [1.54, 1.807) is 21.0 Å². The van der Waals surface area contributed by atoms with Crippen LogP contribution in [0.2, 0.25) is 0 Å². The third kappa shape index (κ3) is 8.52. The number of aryl methyl sites for hydroxylation is 1. The molecule has 0 saturated carbocycles. The van der Waals surface area contributed by atoms with Gasteiger partial charge in [-0.25, -0.2) is 14.8 Å². The normalized spacial score (nSPS) is 11.6. The zero-order valence-corrected chi connectivity index (χ0v) is 28.0. The summed E-state index contributed by atoms with van der Waals surface area (Å²) in [5.41, 5.74) is 10.7. The third-order valence-corrected chi connectivity index (χ3v) is 8.11. The van der Waals surface area contributed by atoms with E-state index in [1.165, 1.54) is 0 Å². The first kappa shape index (κ1) is 34.6. The highest BCUT2D eigenvalue weighted by Crippen LogP contribution is 2.29. The number of likely N-dealkylation sites (N-methyl/N-ethyl adjacent to an activating group) is 1. The minimum absolute atomic E-state index is 0.0592. The zero-order chi connectivity index (χ0) is 33.2. The number of nitrogens with two attached hydrogens (primary N) is 1. The maximum absolute atomic E-state index is 13.8. The Labute approximate surface area is 271 Å². The molecule has 0 aliphatic heterocycles. The predicted molar refractivity (Wildman–Crippen MR) is 181 cm³/mol. The van der Waals surface area contributed by atoms with Crippen LogP contribution >= 0.6 is 0 Å². The van der Waals surface area contributed by atoms with Gasteiger partial charge in [-0.05, 0) is 63.5 Å². The summed E-state index contributed by atoms with van der Waals surface area (Å²) in [5.74, 6) is 1.51. The number of pyridine rings is 1. The molecule has 4 rings (SSSR count). The van der Waals surface area contributed by atoms with Crippen LogP contribution in [0.3, 0.4) is 0 Å². The van der Waals surface area contributed by atoms with Gasteiger partial charge in [-0.15, -0.1) is 0 Å². The smallest absolute Gasteiger partial charge is 0.344 e. The van der Waals surface area contributed by atoms with E-state index >= 15 is 0 Å². The number of imidazole rings is 1. The molecule has 0 atom stereocenters. The molecule has 2 aromatic heterocycles. The first-order valence-corrected chi connectivity index (χ1v) is 16.1. The molecule has 0 saturated heterocycles. The molecule has 2 heterocycles. The van der Waals surface area contributed by atoms with Gasteiger partial charge in [0.05, 0.1) is 30.3 Å². The van der Waals surface area contributed by atoms with Crippen LogP contribution in [0.15, 0.2) is 42.5 Å². The standard InChI is InChI=1S/C35H48N6O5/c1-7-39(8-2)22-31(42)40(21-26-13-11-16-29(25(26)5)45-23-32(43)46-24(3)4)18-12-19-41-30(17-20-44-6)38-33-34(41)27-14-9-10-15-28(27)37-35(33)36/h9-11,13-16,24H,7-8,12,17-23H2,1-6H3,(H2,36,37). The second-order valence-corrected chi connectivity index (χ2v) is 11.6. The van der Waals surface area contributed by atoms with Gasteiger partial charge in [-0.3, -0.25) is 9.69 Å². The van der Waals surface area contributed by atoms with Crippen LogP contribution in [-0.4, -0.2) is 88.8 Å². The molecule has 0 bridgehead atoms. The number of benzene rings is 2. The molecule has 11 nitrogen and oxygen atoms in total. The van der Waals surface area contributed by atoms with Gasteiger partial charge in [0.15, 0.2) is 12.4 Å². The van der Waals surface area contributed by atoms with Gasteiger partial charge in [0.2, 0.25) is 5.91 Å². The number of amides is 1. The lowest BCUT2D eigenvalue weighted by Gasteiger charge is -2.27. The second kappa shape index (κ2) is 16.4. The number of nitrogens with zero attached hydrogens (tertiary/aromatic N) is 5. The zero-order valence-electron chi connectivity index (χ0n) is 28.0. The van der Waals surface area contributed by atoms with Gasteiger partial charge in [0.25, 0.3) is 0 Å². The van der Waals surface area contributed by atoms with Crippen molar-refractivity contribution in [2.75, 3.05) is 52.2 Å². The Morgan fingerprint density at radius 1 is 1.04 bits per heavy atom. The maximum Gasteiger partial charge on any atom is 0.344 e.